The standard InChI is InChI=1S/C12H11BF2O3/c13-10-6-12(14,15)9(18-10)7-17-11(16)8-4-2-1-3-5-8/h1-5,9-10H,6-7H2. The van der Waals surface area contributed by atoms with Crippen LogP contribution in [0.1, 0.15) is 16.8 Å². The van der Waals surface area contributed by atoms with Gasteiger partial charge in [0.1, 0.15) is 14.5 Å². The van der Waals surface area contributed by atoms with Gasteiger partial charge >= 0.3 is 5.97 Å². The lowest BCUT2D eigenvalue weighted by Crippen LogP contribution is -2.33. The number of hydrogen-bond acceptors (Lipinski definition) is 3. The van der Waals surface area contributed by atoms with E-state index < -0.39 is 37.0 Å². The van der Waals surface area contributed by atoms with Crippen LogP contribution in [0.5, 0.6) is 0 Å². The first-order valence-corrected chi connectivity index (χ1v) is 5.50. The third-order valence-corrected chi connectivity index (χ3v) is 2.66. The summed E-state index contributed by atoms with van der Waals surface area (Å²) in [5.41, 5.74) is 0.308. The summed E-state index contributed by atoms with van der Waals surface area (Å²) in [5, 5.41) is 0. The maximum absolute atomic E-state index is 13.3. The van der Waals surface area contributed by atoms with Crippen molar-refractivity contribution in [3.8, 4) is 0 Å². The summed E-state index contributed by atoms with van der Waals surface area (Å²) in [6.07, 6.45) is -2.03. The molecule has 2 radical (unpaired) electrons. The molecule has 1 aromatic rings. The third kappa shape index (κ3) is 2.87. The van der Waals surface area contributed by atoms with Crippen LogP contribution in [0.4, 0.5) is 8.78 Å². The van der Waals surface area contributed by atoms with Crippen LogP contribution < -0.4 is 0 Å². The van der Waals surface area contributed by atoms with Crippen LogP contribution in [0.2, 0.25) is 0 Å². The fraction of sp³-hybridized carbons (Fsp3) is 0.417. The second-order valence-electron chi connectivity index (χ2n) is 4.09. The predicted octanol–water partition coefficient (Wildman–Crippen LogP) is 1.76. The van der Waals surface area contributed by atoms with Gasteiger partial charge in [0.15, 0.2) is 6.10 Å². The zero-order valence-electron chi connectivity index (χ0n) is 9.51. The van der Waals surface area contributed by atoms with E-state index in [1.165, 1.54) is 0 Å². The summed E-state index contributed by atoms with van der Waals surface area (Å²) in [5.74, 6) is -3.72. The van der Waals surface area contributed by atoms with Crippen molar-refractivity contribution in [2.24, 2.45) is 0 Å². The molecule has 1 aromatic carbocycles. The number of hydrogen-bond donors (Lipinski definition) is 0. The Labute approximate surface area is 104 Å². The smallest absolute Gasteiger partial charge is 0.338 e. The summed E-state index contributed by atoms with van der Waals surface area (Å²) < 4.78 is 36.2. The zero-order valence-corrected chi connectivity index (χ0v) is 9.51. The Morgan fingerprint density at radius 2 is 2.11 bits per heavy atom. The number of halogens is 2. The van der Waals surface area contributed by atoms with Crippen LogP contribution in [0.25, 0.3) is 0 Å². The Hall–Kier alpha value is -1.43. The van der Waals surface area contributed by atoms with E-state index in [0.29, 0.717) is 5.56 Å². The Morgan fingerprint density at radius 3 is 2.67 bits per heavy atom. The Morgan fingerprint density at radius 1 is 1.44 bits per heavy atom. The highest BCUT2D eigenvalue weighted by molar-refractivity contribution is 6.11. The highest BCUT2D eigenvalue weighted by Crippen LogP contribution is 2.34. The summed E-state index contributed by atoms with van der Waals surface area (Å²) in [6.45, 7) is -0.506. The largest absolute Gasteiger partial charge is 0.459 e. The SMILES string of the molecule is [B]C1CC(F)(F)C(COC(=O)c2ccccc2)O1. The lowest BCUT2D eigenvalue weighted by atomic mass is 9.96. The van der Waals surface area contributed by atoms with Crippen LogP contribution in [-0.2, 0) is 9.47 Å². The molecule has 3 nitrogen and oxygen atoms in total. The molecule has 6 heteroatoms. The van der Waals surface area contributed by atoms with E-state index in [2.05, 4.69) is 0 Å². The molecule has 0 spiro atoms. The molecule has 0 saturated carbocycles. The summed E-state index contributed by atoms with van der Waals surface area (Å²) in [6, 6.07) is 7.13. The summed E-state index contributed by atoms with van der Waals surface area (Å²) >= 11 is 0. The minimum atomic E-state index is -3.06. The number of carbonyl (C=O) groups excluding carboxylic acids is 1. The van der Waals surface area contributed by atoms with E-state index in [-0.39, 0.29) is 0 Å². The van der Waals surface area contributed by atoms with Gasteiger partial charge in [-0.2, -0.15) is 0 Å². The van der Waals surface area contributed by atoms with E-state index in [0.717, 1.165) is 0 Å². The molecule has 18 heavy (non-hydrogen) atoms. The minimum Gasteiger partial charge on any atom is -0.459 e. The van der Waals surface area contributed by atoms with Crippen molar-refractivity contribution in [3.05, 3.63) is 35.9 Å². The summed E-state index contributed by atoms with van der Waals surface area (Å²) in [7, 11) is 5.28. The Bertz CT molecular complexity index is 425. The predicted molar refractivity (Wildman–Crippen MR) is 60.7 cm³/mol. The second kappa shape index (κ2) is 5.06. The van der Waals surface area contributed by atoms with Crippen molar-refractivity contribution >= 4 is 13.8 Å². The van der Waals surface area contributed by atoms with Gasteiger partial charge in [-0.25, -0.2) is 13.6 Å². The van der Waals surface area contributed by atoms with Gasteiger partial charge in [-0.1, -0.05) is 18.2 Å². The number of alkyl halides is 2. The second-order valence-corrected chi connectivity index (χ2v) is 4.09. The molecule has 0 aromatic heterocycles. The minimum absolute atomic E-state index is 0.308. The number of ether oxygens (including phenoxy) is 2. The van der Waals surface area contributed by atoms with Gasteiger partial charge in [0.05, 0.1) is 5.56 Å². The zero-order chi connectivity index (χ0) is 13.2. The molecule has 1 heterocycles. The maximum atomic E-state index is 13.3. The molecule has 1 fully saturated rings. The topological polar surface area (TPSA) is 35.5 Å². The molecule has 2 unspecified atom stereocenters. The van der Waals surface area contributed by atoms with Crippen molar-refractivity contribution in [2.75, 3.05) is 6.61 Å². The van der Waals surface area contributed by atoms with E-state index in [9.17, 15) is 13.6 Å². The van der Waals surface area contributed by atoms with Gasteiger partial charge in [-0.05, 0) is 12.1 Å². The van der Waals surface area contributed by atoms with Crippen LogP contribution >= 0.6 is 0 Å². The third-order valence-electron chi connectivity index (χ3n) is 2.66. The first-order valence-electron chi connectivity index (χ1n) is 5.50. The van der Waals surface area contributed by atoms with E-state index in [1.54, 1.807) is 30.3 Å². The lowest BCUT2D eigenvalue weighted by molar-refractivity contribution is -0.0932. The molecule has 0 bridgehead atoms. The monoisotopic (exact) mass is 252 g/mol. The fourth-order valence-electron chi connectivity index (χ4n) is 1.73. The number of rotatable bonds is 3. The molecule has 2 atom stereocenters. The number of benzene rings is 1. The van der Waals surface area contributed by atoms with Crippen LogP contribution in [0.15, 0.2) is 30.3 Å². The van der Waals surface area contributed by atoms with Crippen LogP contribution in [-0.4, -0.2) is 38.5 Å². The molecule has 1 saturated heterocycles. The van der Waals surface area contributed by atoms with Crippen molar-refractivity contribution in [1.29, 1.82) is 0 Å². The Balaban J connectivity index is 1.91. The van der Waals surface area contributed by atoms with Crippen molar-refractivity contribution < 1.29 is 23.0 Å². The van der Waals surface area contributed by atoms with Gasteiger partial charge in [-0.3, -0.25) is 0 Å². The summed E-state index contributed by atoms with van der Waals surface area (Å²) in [4.78, 5) is 11.5. The normalized spacial score (nSPS) is 25.9. The molecule has 0 aliphatic carbocycles. The van der Waals surface area contributed by atoms with E-state index in [4.69, 9.17) is 17.3 Å². The average Bonchev–Trinajstić information content (AvgIpc) is 2.60. The lowest BCUT2D eigenvalue weighted by Gasteiger charge is -2.17. The van der Waals surface area contributed by atoms with E-state index in [1.807, 2.05) is 0 Å². The number of carbonyl (C=O) groups is 1. The highest BCUT2D eigenvalue weighted by Gasteiger charge is 2.48. The Kier molecular flexibility index (Phi) is 3.66. The molecule has 2 rings (SSSR count). The molecule has 0 N–H and O–H groups in total. The van der Waals surface area contributed by atoms with Gasteiger partial charge in [0, 0.05) is 12.4 Å². The van der Waals surface area contributed by atoms with Gasteiger partial charge in [0.2, 0.25) is 0 Å². The first-order chi connectivity index (χ1) is 8.49. The molecular formula is C12H11BF2O3. The molecule has 1 aliphatic heterocycles. The number of esters is 1. The van der Waals surface area contributed by atoms with Gasteiger partial charge < -0.3 is 9.47 Å². The van der Waals surface area contributed by atoms with Crippen molar-refractivity contribution in [3.63, 3.8) is 0 Å². The molecule has 94 valence electrons. The molecular weight excluding hydrogens is 241 g/mol. The first kappa shape index (κ1) is 13.0. The van der Waals surface area contributed by atoms with E-state index >= 15 is 0 Å². The average molecular weight is 252 g/mol. The molecule has 0 amide bonds. The molecule has 1 aliphatic rings. The van der Waals surface area contributed by atoms with Crippen LogP contribution in [0, 0.1) is 0 Å². The van der Waals surface area contributed by atoms with Gasteiger partial charge in [0.25, 0.3) is 5.92 Å². The quantitative estimate of drug-likeness (QED) is 0.607. The fourth-order valence-corrected chi connectivity index (χ4v) is 1.73. The van der Waals surface area contributed by atoms with Crippen molar-refractivity contribution in [2.45, 2.75) is 24.5 Å². The van der Waals surface area contributed by atoms with Crippen molar-refractivity contribution in [1.82, 2.24) is 0 Å². The van der Waals surface area contributed by atoms with Crippen LogP contribution in [0.3, 0.4) is 0 Å². The van der Waals surface area contributed by atoms with Gasteiger partial charge in [-0.15, -0.1) is 0 Å². The maximum Gasteiger partial charge on any atom is 0.338 e. The highest BCUT2D eigenvalue weighted by atomic mass is 19.3.